The summed E-state index contributed by atoms with van der Waals surface area (Å²) >= 11 is 0. The zero-order valence-corrected chi connectivity index (χ0v) is 5.77. The van der Waals surface area contributed by atoms with Crippen molar-refractivity contribution in [2.24, 2.45) is 0 Å². The van der Waals surface area contributed by atoms with Crippen molar-refractivity contribution in [1.29, 1.82) is 0 Å². The molecule has 0 aliphatic carbocycles. The first-order valence-corrected chi connectivity index (χ1v) is 3.18. The Bertz CT molecular complexity index is 209. The average molecular weight is 134 g/mol. The molecule has 52 valence electrons. The van der Waals surface area contributed by atoms with Gasteiger partial charge in [0.2, 0.25) is 0 Å². The molecular weight excluding hydrogens is 124 g/mol. The summed E-state index contributed by atoms with van der Waals surface area (Å²) in [6, 6.07) is 0. The lowest BCUT2D eigenvalue weighted by Gasteiger charge is -1.86. The maximum Gasteiger partial charge on any atom is 0.0986 e. The van der Waals surface area contributed by atoms with Gasteiger partial charge in [0.25, 0.3) is 0 Å². The van der Waals surface area contributed by atoms with Crippen molar-refractivity contribution in [1.82, 2.24) is 9.55 Å². The zero-order chi connectivity index (χ0) is 7.23. The summed E-state index contributed by atoms with van der Waals surface area (Å²) in [4.78, 5) is 3.89. The number of aromatic nitrogens is 2. The smallest absolute Gasteiger partial charge is 0.0986 e. The van der Waals surface area contributed by atoms with Gasteiger partial charge >= 0.3 is 0 Å². The normalized spacial score (nSPS) is 10.4. The summed E-state index contributed by atoms with van der Waals surface area (Å²) in [6.45, 7) is 3.60. The van der Waals surface area contributed by atoms with Crippen molar-refractivity contribution >= 4 is 6.20 Å². The molecule has 0 fully saturated rings. The fraction of sp³-hybridized carbons (Fsp3) is 0.125. The van der Waals surface area contributed by atoms with Crippen LogP contribution in [0.5, 0.6) is 0 Å². The summed E-state index contributed by atoms with van der Waals surface area (Å²) in [7, 11) is 0. The van der Waals surface area contributed by atoms with Crippen molar-refractivity contribution in [2.75, 3.05) is 0 Å². The van der Waals surface area contributed by atoms with Gasteiger partial charge in [-0.05, 0) is 6.42 Å². The van der Waals surface area contributed by atoms with Crippen LogP contribution in [0.1, 0.15) is 6.42 Å². The summed E-state index contributed by atoms with van der Waals surface area (Å²) in [5.74, 6) is 0. The number of hydrogen-bond donors (Lipinski definition) is 0. The highest BCUT2D eigenvalue weighted by molar-refractivity contribution is 5.21. The highest BCUT2D eigenvalue weighted by Crippen LogP contribution is 1.89. The Balaban J connectivity index is 2.47. The first kappa shape index (κ1) is 6.81. The Morgan fingerprint density at radius 3 is 3.10 bits per heavy atom. The molecule has 1 aromatic rings. The van der Waals surface area contributed by atoms with Crippen LogP contribution < -0.4 is 0 Å². The van der Waals surface area contributed by atoms with Crippen LogP contribution in [0.4, 0.5) is 0 Å². The molecule has 0 radical (unpaired) electrons. The molecule has 0 spiro atoms. The Labute approximate surface area is 60.5 Å². The lowest BCUT2D eigenvalue weighted by atomic mass is 10.4. The van der Waals surface area contributed by atoms with E-state index in [1.54, 1.807) is 12.5 Å². The minimum absolute atomic E-state index is 0.901. The molecule has 0 unspecified atom stereocenters. The van der Waals surface area contributed by atoms with Crippen LogP contribution in [-0.4, -0.2) is 9.55 Å². The zero-order valence-electron chi connectivity index (χ0n) is 5.77. The van der Waals surface area contributed by atoms with Crippen molar-refractivity contribution < 1.29 is 0 Å². The second-order valence-electron chi connectivity index (χ2n) is 1.92. The van der Waals surface area contributed by atoms with Gasteiger partial charge in [-0.1, -0.05) is 12.2 Å². The Hall–Kier alpha value is -1.31. The van der Waals surface area contributed by atoms with E-state index in [9.17, 15) is 0 Å². The third-order valence-electron chi connectivity index (χ3n) is 1.11. The third kappa shape index (κ3) is 1.90. The molecule has 0 saturated heterocycles. The van der Waals surface area contributed by atoms with Crippen molar-refractivity contribution in [3.05, 3.63) is 37.5 Å². The summed E-state index contributed by atoms with van der Waals surface area (Å²) in [6.07, 6.45) is 12.1. The van der Waals surface area contributed by atoms with Gasteiger partial charge < -0.3 is 4.57 Å². The van der Waals surface area contributed by atoms with Gasteiger partial charge in [0.1, 0.15) is 0 Å². The van der Waals surface area contributed by atoms with Gasteiger partial charge in [0, 0.05) is 18.6 Å². The fourth-order valence-electron chi connectivity index (χ4n) is 0.636. The molecule has 0 aliphatic heterocycles. The molecule has 1 aromatic heterocycles. The monoisotopic (exact) mass is 134 g/mol. The highest BCUT2D eigenvalue weighted by atomic mass is 15.0. The molecule has 1 rings (SSSR count). The molecule has 0 saturated carbocycles. The van der Waals surface area contributed by atoms with Gasteiger partial charge in [-0.3, -0.25) is 0 Å². The molecule has 0 aromatic carbocycles. The van der Waals surface area contributed by atoms with Gasteiger partial charge in [-0.25, -0.2) is 4.98 Å². The van der Waals surface area contributed by atoms with Crippen molar-refractivity contribution in [3.8, 4) is 0 Å². The maximum atomic E-state index is 3.89. The van der Waals surface area contributed by atoms with Gasteiger partial charge in [0.05, 0.1) is 6.33 Å². The molecule has 0 N–H and O–H groups in total. The third-order valence-corrected chi connectivity index (χ3v) is 1.11. The standard InChI is InChI=1S/C8H10N2/c1-2-3-4-6-10-7-5-9-8-10/h2,4-8H,1,3H2. The van der Waals surface area contributed by atoms with E-state index in [4.69, 9.17) is 0 Å². The predicted molar refractivity (Wildman–Crippen MR) is 42.4 cm³/mol. The summed E-state index contributed by atoms with van der Waals surface area (Å²) < 4.78 is 1.89. The van der Waals surface area contributed by atoms with E-state index in [1.165, 1.54) is 0 Å². The predicted octanol–water partition coefficient (Wildman–Crippen LogP) is 1.93. The fourth-order valence-corrected chi connectivity index (χ4v) is 0.636. The maximum absolute atomic E-state index is 3.89. The number of allylic oxidation sites excluding steroid dienone is 2. The van der Waals surface area contributed by atoms with Crippen LogP contribution in [0.25, 0.3) is 6.20 Å². The van der Waals surface area contributed by atoms with Crippen LogP contribution in [-0.2, 0) is 0 Å². The van der Waals surface area contributed by atoms with Crippen LogP contribution >= 0.6 is 0 Å². The molecule has 0 amide bonds. The second kappa shape index (κ2) is 3.67. The number of hydrogen-bond acceptors (Lipinski definition) is 1. The quantitative estimate of drug-likeness (QED) is 0.577. The molecule has 0 bridgehead atoms. The van der Waals surface area contributed by atoms with E-state index >= 15 is 0 Å². The minimum Gasteiger partial charge on any atom is -0.313 e. The van der Waals surface area contributed by atoms with Crippen LogP contribution in [0.3, 0.4) is 0 Å². The van der Waals surface area contributed by atoms with E-state index in [-0.39, 0.29) is 0 Å². The lowest BCUT2D eigenvalue weighted by molar-refractivity contribution is 1.13. The van der Waals surface area contributed by atoms with Crippen molar-refractivity contribution in [3.63, 3.8) is 0 Å². The molecule has 2 heteroatoms. The molecule has 2 nitrogen and oxygen atoms in total. The topological polar surface area (TPSA) is 17.8 Å². The van der Waals surface area contributed by atoms with Gasteiger partial charge in [0.15, 0.2) is 0 Å². The minimum atomic E-state index is 0.901. The molecule has 10 heavy (non-hydrogen) atoms. The van der Waals surface area contributed by atoms with Gasteiger partial charge in [-0.15, -0.1) is 6.58 Å². The molecule has 0 aliphatic rings. The number of nitrogens with zero attached hydrogens (tertiary/aromatic N) is 2. The Morgan fingerprint density at radius 2 is 2.50 bits per heavy atom. The first-order valence-electron chi connectivity index (χ1n) is 3.18. The Morgan fingerprint density at radius 1 is 1.60 bits per heavy atom. The summed E-state index contributed by atoms with van der Waals surface area (Å²) in [5.41, 5.74) is 0. The molecule has 1 heterocycles. The van der Waals surface area contributed by atoms with E-state index in [1.807, 2.05) is 29.1 Å². The highest BCUT2D eigenvalue weighted by Gasteiger charge is 1.77. The van der Waals surface area contributed by atoms with E-state index in [0.29, 0.717) is 0 Å². The molecular formula is C8H10N2. The van der Waals surface area contributed by atoms with Crippen molar-refractivity contribution in [2.45, 2.75) is 6.42 Å². The van der Waals surface area contributed by atoms with E-state index in [2.05, 4.69) is 11.6 Å². The number of imidazole rings is 1. The van der Waals surface area contributed by atoms with Crippen LogP contribution in [0.2, 0.25) is 0 Å². The average Bonchev–Trinajstić information content (AvgIpc) is 2.41. The van der Waals surface area contributed by atoms with E-state index < -0.39 is 0 Å². The number of rotatable bonds is 3. The first-order chi connectivity index (χ1) is 4.93. The SMILES string of the molecule is C=CCC=Cn1ccnc1. The lowest BCUT2D eigenvalue weighted by Crippen LogP contribution is -1.76. The molecule has 0 atom stereocenters. The van der Waals surface area contributed by atoms with E-state index in [0.717, 1.165) is 6.42 Å². The second-order valence-corrected chi connectivity index (χ2v) is 1.92. The van der Waals surface area contributed by atoms with Crippen LogP contribution in [0.15, 0.2) is 37.5 Å². The van der Waals surface area contributed by atoms with Crippen LogP contribution in [0, 0.1) is 0 Å². The van der Waals surface area contributed by atoms with Gasteiger partial charge in [-0.2, -0.15) is 0 Å². The Kier molecular flexibility index (Phi) is 2.49. The largest absolute Gasteiger partial charge is 0.313 e. The summed E-state index contributed by atoms with van der Waals surface area (Å²) in [5, 5.41) is 0.